The number of halogens is 1. The maximum Gasteiger partial charge on any atom is 0.253 e. The van der Waals surface area contributed by atoms with Gasteiger partial charge in [0.1, 0.15) is 0 Å². The maximum atomic E-state index is 12.4. The van der Waals surface area contributed by atoms with Crippen LogP contribution in [0.3, 0.4) is 0 Å². The molecule has 6 heteroatoms. The molecular weight excluding hydrogens is 292 g/mol. The third-order valence-electron chi connectivity index (χ3n) is 3.61. The summed E-state index contributed by atoms with van der Waals surface area (Å²) in [5, 5.41) is 9.36. The summed E-state index contributed by atoms with van der Waals surface area (Å²) in [6, 6.07) is 6.79. The van der Waals surface area contributed by atoms with E-state index in [1.54, 1.807) is 36.2 Å². The lowest BCUT2D eigenvalue weighted by atomic mass is 10.1. The van der Waals surface area contributed by atoms with Crippen LogP contribution in [0.4, 0.5) is 0 Å². The summed E-state index contributed by atoms with van der Waals surface area (Å²) >= 11 is 5.63. The Hall–Kier alpha value is -1.14. The summed E-state index contributed by atoms with van der Waals surface area (Å²) in [6.07, 6.45) is 0. The number of aliphatic hydroxyl groups is 1. The molecule has 21 heavy (non-hydrogen) atoms. The molecule has 0 aliphatic carbocycles. The molecule has 1 saturated heterocycles. The van der Waals surface area contributed by atoms with E-state index in [4.69, 9.17) is 16.3 Å². The fourth-order valence-electron chi connectivity index (χ4n) is 2.26. The van der Waals surface area contributed by atoms with Crippen molar-refractivity contribution in [2.75, 3.05) is 46.4 Å². The predicted octanol–water partition coefficient (Wildman–Crippen LogP) is 1.32. The Morgan fingerprint density at radius 2 is 2.19 bits per heavy atom. The highest BCUT2D eigenvalue weighted by Crippen LogP contribution is 2.18. The van der Waals surface area contributed by atoms with E-state index in [2.05, 4.69) is 4.90 Å². The van der Waals surface area contributed by atoms with Gasteiger partial charge in [0.15, 0.2) is 5.56 Å². The van der Waals surface area contributed by atoms with E-state index in [-0.39, 0.29) is 5.91 Å². The summed E-state index contributed by atoms with van der Waals surface area (Å²) in [5.41, 5.74) is -0.0165. The number of benzene rings is 1. The van der Waals surface area contributed by atoms with Crippen molar-refractivity contribution >= 4 is 17.5 Å². The minimum Gasteiger partial charge on any atom is -0.379 e. The number of amides is 1. The van der Waals surface area contributed by atoms with E-state index in [9.17, 15) is 9.90 Å². The molecule has 1 amide bonds. The van der Waals surface area contributed by atoms with Gasteiger partial charge in [-0.25, -0.2) is 0 Å². The van der Waals surface area contributed by atoms with Gasteiger partial charge >= 0.3 is 0 Å². The maximum absolute atomic E-state index is 12.4. The third-order valence-corrected chi connectivity index (χ3v) is 3.86. The zero-order valence-corrected chi connectivity index (χ0v) is 12.9. The van der Waals surface area contributed by atoms with Crippen molar-refractivity contribution in [3.63, 3.8) is 0 Å². The number of nitrogens with zero attached hydrogens (tertiary/aromatic N) is 2. The molecule has 1 aliphatic rings. The average molecular weight is 313 g/mol. The molecule has 0 aromatic heterocycles. The van der Waals surface area contributed by atoms with Crippen LogP contribution in [0.25, 0.3) is 0 Å². The molecule has 1 aromatic rings. The van der Waals surface area contributed by atoms with Crippen molar-refractivity contribution in [2.24, 2.45) is 0 Å². The highest BCUT2D eigenvalue weighted by Gasteiger charge is 2.16. The summed E-state index contributed by atoms with van der Waals surface area (Å²) in [6.45, 7) is 4.84. The van der Waals surface area contributed by atoms with E-state index >= 15 is 0 Å². The Balaban J connectivity index is 1.90. The van der Waals surface area contributed by atoms with Crippen LogP contribution in [0.1, 0.15) is 21.5 Å². The molecule has 5 nitrogen and oxygen atoms in total. The van der Waals surface area contributed by atoms with Crippen LogP contribution >= 0.6 is 11.6 Å². The van der Waals surface area contributed by atoms with E-state index in [1.807, 2.05) is 0 Å². The van der Waals surface area contributed by atoms with Gasteiger partial charge in [0, 0.05) is 38.8 Å². The second-order valence-corrected chi connectivity index (χ2v) is 5.56. The number of rotatable bonds is 5. The van der Waals surface area contributed by atoms with Crippen LogP contribution in [0, 0.1) is 0 Å². The first-order chi connectivity index (χ1) is 10.1. The number of hydrogen-bond donors (Lipinski definition) is 1. The zero-order valence-electron chi connectivity index (χ0n) is 12.2. The van der Waals surface area contributed by atoms with Crippen LogP contribution in [-0.2, 0) is 4.74 Å². The molecule has 1 heterocycles. The van der Waals surface area contributed by atoms with Crippen molar-refractivity contribution in [3.8, 4) is 0 Å². The molecule has 1 N–H and O–H groups in total. The van der Waals surface area contributed by atoms with Gasteiger partial charge < -0.3 is 14.7 Å². The number of carbonyl (C=O) groups is 1. The minimum atomic E-state index is -1.09. The smallest absolute Gasteiger partial charge is 0.253 e. The fraction of sp³-hybridized carbons (Fsp3) is 0.533. The van der Waals surface area contributed by atoms with Gasteiger partial charge in [-0.3, -0.25) is 9.69 Å². The van der Waals surface area contributed by atoms with Crippen molar-refractivity contribution in [2.45, 2.75) is 5.56 Å². The SMILES string of the molecule is CN(CCN1CCOCC1)C(=O)c1cccc(C(O)Cl)c1. The number of alkyl halides is 1. The Morgan fingerprint density at radius 3 is 2.86 bits per heavy atom. The largest absolute Gasteiger partial charge is 0.379 e. The highest BCUT2D eigenvalue weighted by molar-refractivity contribution is 6.19. The molecule has 1 unspecified atom stereocenters. The second kappa shape index (κ2) is 7.75. The summed E-state index contributed by atoms with van der Waals surface area (Å²) < 4.78 is 5.30. The lowest BCUT2D eigenvalue weighted by Gasteiger charge is -2.28. The molecule has 0 radical (unpaired) electrons. The molecule has 0 saturated carbocycles. The van der Waals surface area contributed by atoms with Crippen molar-refractivity contribution < 1.29 is 14.6 Å². The van der Waals surface area contributed by atoms with Crippen molar-refractivity contribution in [1.29, 1.82) is 0 Å². The molecule has 1 atom stereocenters. The normalized spacial score (nSPS) is 17.5. The summed E-state index contributed by atoms with van der Waals surface area (Å²) in [7, 11) is 1.78. The Labute approximate surface area is 130 Å². The van der Waals surface area contributed by atoms with Crippen LogP contribution in [-0.4, -0.2) is 67.3 Å². The Bertz CT molecular complexity index is 476. The first kappa shape index (κ1) is 16.2. The topological polar surface area (TPSA) is 53.0 Å². The third kappa shape index (κ3) is 4.68. The number of ether oxygens (including phenoxy) is 1. The highest BCUT2D eigenvalue weighted by atomic mass is 35.5. The van der Waals surface area contributed by atoms with E-state index in [0.29, 0.717) is 17.7 Å². The average Bonchev–Trinajstić information content (AvgIpc) is 2.53. The van der Waals surface area contributed by atoms with Gasteiger partial charge in [-0.15, -0.1) is 0 Å². The van der Waals surface area contributed by atoms with Crippen molar-refractivity contribution in [1.82, 2.24) is 9.80 Å². The first-order valence-electron chi connectivity index (χ1n) is 7.05. The molecular formula is C15H21ClN2O3. The van der Waals surface area contributed by atoms with Gasteiger partial charge in [-0.05, 0) is 17.7 Å². The number of morpholine rings is 1. The Kier molecular flexibility index (Phi) is 5.99. The number of carbonyl (C=O) groups excluding carboxylic acids is 1. The molecule has 0 spiro atoms. The molecule has 1 aliphatic heterocycles. The lowest BCUT2D eigenvalue weighted by Crippen LogP contribution is -2.41. The van der Waals surface area contributed by atoms with Crippen LogP contribution in [0.15, 0.2) is 24.3 Å². The summed E-state index contributed by atoms with van der Waals surface area (Å²) in [5.74, 6) is -0.0672. The van der Waals surface area contributed by atoms with Crippen LogP contribution in [0.5, 0.6) is 0 Å². The van der Waals surface area contributed by atoms with Crippen molar-refractivity contribution in [3.05, 3.63) is 35.4 Å². The van der Waals surface area contributed by atoms with Crippen LogP contribution < -0.4 is 0 Å². The standard InChI is InChI=1S/C15H21ClN2O3/c1-17(5-6-18-7-9-21-10-8-18)15(20)13-4-2-3-12(11-13)14(16)19/h2-4,11,14,19H,5-10H2,1H3. The molecule has 1 fully saturated rings. The van der Waals surface area contributed by atoms with Gasteiger partial charge in [0.2, 0.25) is 0 Å². The van der Waals surface area contributed by atoms with Crippen LogP contribution in [0.2, 0.25) is 0 Å². The molecule has 1 aromatic carbocycles. The molecule has 2 rings (SSSR count). The van der Waals surface area contributed by atoms with Gasteiger partial charge in [-0.1, -0.05) is 23.7 Å². The number of hydrogen-bond acceptors (Lipinski definition) is 4. The molecule has 0 bridgehead atoms. The number of aliphatic hydroxyl groups excluding tert-OH is 1. The Morgan fingerprint density at radius 1 is 1.48 bits per heavy atom. The number of likely N-dealkylation sites (N-methyl/N-ethyl adjacent to an activating group) is 1. The van der Waals surface area contributed by atoms with Gasteiger partial charge in [-0.2, -0.15) is 0 Å². The predicted molar refractivity (Wildman–Crippen MR) is 81.5 cm³/mol. The minimum absolute atomic E-state index is 0.0672. The first-order valence-corrected chi connectivity index (χ1v) is 7.49. The van der Waals surface area contributed by atoms with Gasteiger partial charge in [0.25, 0.3) is 5.91 Å². The van der Waals surface area contributed by atoms with E-state index in [0.717, 1.165) is 32.8 Å². The molecule has 116 valence electrons. The monoisotopic (exact) mass is 312 g/mol. The van der Waals surface area contributed by atoms with Gasteiger partial charge in [0.05, 0.1) is 13.2 Å². The lowest BCUT2D eigenvalue weighted by molar-refractivity contribution is 0.0338. The zero-order chi connectivity index (χ0) is 15.2. The van der Waals surface area contributed by atoms with E-state index < -0.39 is 5.56 Å². The van der Waals surface area contributed by atoms with E-state index in [1.165, 1.54) is 0 Å². The fourth-order valence-corrected chi connectivity index (χ4v) is 2.39. The second-order valence-electron chi connectivity index (χ2n) is 5.14. The summed E-state index contributed by atoms with van der Waals surface area (Å²) in [4.78, 5) is 16.3. The quantitative estimate of drug-likeness (QED) is 0.833.